The van der Waals surface area contributed by atoms with Crippen LogP contribution in [0.5, 0.6) is 5.75 Å². The van der Waals surface area contributed by atoms with E-state index < -0.39 is 0 Å². The molecule has 3 nitrogen and oxygen atoms in total. The molecular weight excluding hydrogens is 280 g/mol. The van der Waals surface area contributed by atoms with E-state index in [1.807, 2.05) is 35.7 Å². The Morgan fingerprint density at radius 1 is 1.19 bits per heavy atom. The SMILES string of the molecule is COc1cccc2c(NCc3cc(C)c(C)s3)nccc12. The highest BCUT2D eigenvalue weighted by atomic mass is 32.1. The van der Waals surface area contributed by atoms with Crippen LogP contribution in [0.3, 0.4) is 0 Å². The second-order valence-electron chi connectivity index (χ2n) is 5.02. The fraction of sp³-hybridized carbons (Fsp3) is 0.235. The van der Waals surface area contributed by atoms with E-state index >= 15 is 0 Å². The molecule has 0 aliphatic heterocycles. The Balaban J connectivity index is 1.90. The highest BCUT2D eigenvalue weighted by Gasteiger charge is 2.07. The van der Waals surface area contributed by atoms with Gasteiger partial charge in [-0.1, -0.05) is 12.1 Å². The van der Waals surface area contributed by atoms with Crippen LogP contribution in [0, 0.1) is 13.8 Å². The first-order valence-corrected chi connectivity index (χ1v) is 7.72. The fourth-order valence-electron chi connectivity index (χ4n) is 2.40. The molecule has 0 fully saturated rings. The van der Waals surface area contributed by atoms with E-state index in [-0.39, 0.29) is 0 Å². The van der Waals surface area contributed by atoms with Crippen LogP contribution >= 0.6 is 11.3 Å². The minimum Gasteiger partial charge on any atom is -0.496 e. The molecule has 4 heteroatoms. The summed E-state index contributed by atoms with van der Waals surface area (Å²) in [6, 6.07) is 10.3. The molecule has 21 heavy (non-hydrogen) atoms. The maximum Gasteiger partial charge on any atom is 0.134 e. The lowest BCUT2D eigenvalue weighted by molar-refractivity contribution is 0.420. The number of hydrogen-bond donors (Lipinski definition) is 1. The van der Waals surface area contributed by atoms with Gasteiger partial charge in [0.15, 0.2) is 0 Å². The number of nitrogens with zero attached hydrogens (tertiary/aromatic N) is 1. The van der Waals surface area contributed by atoms with Crippen molar-refractivity contribution in [3.8, 4) is 5.75 Å². The molecule has 0 saturated heterocycles. The average molecular weight is 298 g/mol. The van der Waals surface area contributed by atoms with Crippen molar-refractivity contribution in [3.63, 3.8) is 0 Å². The molecule has 0 radical (unpaired) electrons. The third-order valence-corrected chi connectivity index (χ3v) is 4.79. The van der Waals surface area contributed by atoms with Crippen molar-refractivity contribution in [3.05, 3.63) is 51.8 Å². The average Bonchev–Trinajstić information content (AvgIpc) is 2.83. The highest BCUT2D eigenvalue weighted by molar-refractivity contribution is 7.12. The summed E-state index contributed by atoms with van der Waals surface area (Å²) in [7, 11) is 1.69. The topological polar surface area (TPSA) is 34.1 Å². The van der Waals surface area contributed by atoms with Gasteiger partial charge in [0.25, 0.3) is 0 Å². The van der Waals surface area contributed by atoms with E-state index in [1.54, 1.807) is 7.11 Å². The summed E-state index contributed by atoms with van der Waals surface area (Å²) >= 11 is 1.83. The van der Waals surface area contributed by atoms with Crippen LogP contribution in [0.2, 0.25) is 0 Å². The van der Waals surface area contributed by atoms with E-state index in [0.29, 0.717) is 0 Å². The number of hydrogen-bond acceptors (Lipinski definition) is 4. The summed E-state index contributed by atoms with van der Waals surface area (Å²) in [5, 5.41) is 5.60. The van der Waals surface area contributed by atoms with Crippen molar-refractivity contribution >= 4 is 27.9 Å². The number of ether oxygens (including phenoxy) is 1. The Morgan fingerprint density at radius 3 is 2.76 bits per heavy atom. The number of aromatic nitrogens is 1. The molecule has 3 rings (SSSR count). The van der Waals surface area contributed by atoms with Crippen molar-refractivity contribution in [2.24, 2.45) is 0 Å². The fourth-order valence-corrected chi connectivity index (χ4v) is 3.40. The zero-order valence-electron chi connectivity index (χ0n) is 12.4. The summed E-state index contributed by atoms with van der Waals surface area (Å²) in [4.78, 5) is 7.16. The standard InChI is InChI=1S/C17H18N2OS/c1-11-9-13(21-12(11)2)10-19-17-15-5-4-6-16(20-3)14(15)7-8-18-17/h4-9H,10H2,1-3H3,(H,18,19). The largest absolute Gasteiger partial charge is 0.496 e. The first kappa shape index (κ1) is 13.9. The van der Waals surface area contributed by atoms with Crippen LogP contribution in [-0.2, 0) is 6.54 Å². The van der Waals surface area contributed by atoms with E-state index in [4.69, 9.17) is 4.74 Å². The summed E-state index contributed by atoms with van der Waals surface area (Å²) in [6.45, 7) is 5.10. The maximum atomic E-state index is 5.41. The number of methoxy groups -OCH3 is 1. The second-order valence-corrected chi connectivity index (χ2v) is 6.36. The van der Waals surface area contributed by atoms with Gasteiger partial charge < -0.3 is 10.1 Å². The zero-order valence-corrected chi connectivity index (χ0v) is 13.3. The van der Waals surface area contributed by atoms with Gasteiger partial charge in [0.1, 0.15) is 11.6 Å². The summed E-state index contributed by atoms with van der Waals surface area (Å²) < 4.78 is 5.41. The third kappa shape index (κ3) is 2.72. The van der Waals surface area contributed by atoms with Gasteiger partial charge in [-0.25, -0.2) is 4.98 Å². The lowest BCUT2D eigenvalue weighted by Crippen LogP contribution is -2.00. The zero-order chi connectivity index (χ0) is 14.8. The van der Waals surface area contributed by atoms with Gasteiger partial charge in [-0.15, -0.1) is 11.3 Å². The Morgan fingerprint density at radius 2 is 2.05 bits per heavy atom. The number of rotatable bonds is 4. The van der Waals surface area contributed by atoms with Crippen molar-refractivity contribution in [1.29, 1.82) is 0 Å². The van der Waals surface area contributed by atoms with Gasteiger partial charge in [0.05, 0.1) is 13.7 Å². The van der Waals surface area contributed by atoms with Crippen molar-refractivity contribution < 1.29 is 4.74 Å². The molecule has 3 aromatic rings. The van der Waals surface area contributed by atoms with Gasteiger partial charge in [0, 0.05) is 26.7 Å². The van der Waals surface area contributed by atoms with Crippen LogP contribution in [0.4, 0.5) is 5.82 Å². The van der Waals surface area contributed by atoms with Crippen molar-refractivity contribution in [2.75, 3.05) is 12.4 Å². The summed E-state index contributed by atoms with van der Waals surface area (Å²) in [5.41, 5.74) is 1.35. The van der Waals surface area contributed by atoms with Crippen LogP contribution in [0.1, 0.15) is 15.3 Å². The monoisotopic (exact) mass is 298 g/mol. The van der Waals surface area contributed by atoms with E-state index in [9.17, 15) is 0 Å². The quantitative estimate of drug-likeness (QED) is 0.768. The molecule has 108 valence electrons. The Hall–Kier alpha value is -2.07. The van der Waals surface area contributed by atoms with Gasteiger partial charge in [0.2, 0.25) is 0 Å². The number of thiophene rings is 1. The lowest BCUT2D eigenvalue weighted by atomic mass is 10.1. The number of anilines is 1. The number of pyridine rings is 1. The predicted molar refractivity (Wildman–Crippen MR) is 89.4 cm³/mol. The predicted octanol–water partition coefficient (Wildman–Crippen LogP) is 4.53. The first-order valence-electron chi connectivity index (χ1n) is 6.90. The van der Waals surface area contributed by atoms with Gasteiger partial charge >= 0.3 is 0 Å². The third-order valence-electron chi connectivity index (χ3n) is 3.63. The molecule has 0 saturated carbocycles. The molecule has 0 aliphatic carbocycles. The molecule has 0 atom stereocenters. The number of aryl methyl sites for hydroxylation is 2. The number of fused-ring (bicyclic) bond motifs is 1. The first-order chi connectivity index (χ1) is 10.2. The molecule has 2 aromatic heterocycles. The summed E-state index contributed by atoms with van der Waals surface area (Å²) in [6.07, 6.45) is 1.82. The molecule has 0 aliphatic rings. The Bertz CT molecular complexity index is 760. The maximum absolute atomic E-state index is 5.41. The van der Waals surface area contributed by atoms with Crippen LogP contribution in [0.15, 0.2) is 36.5 Å². The van der Waals surface area contributed by atoms with Crippen LogP contribution in [-0.4, -0.2) is 12.1 Å². The lowest BCUT2D eigenvalue weighted by Gasteiger charge is -2.10. The minimum atomic E-state index is 0.794. The highest BCUT2D eigenvalue weighted by Crippen LogP contribution is 2.29. The van der Waals surface area contributed by atoms with Crippen LogP contribution in [0.25, 0.3) is 10.8 Å². The molecule has 1 N–H and O–H groups in total. The molecule has 0 amide bonds. The number of nitrogens with one attached hydrogen (secondary N) is 1. The normalized spacial score (nSPS) is 10.8. The Labute approximate surface area is 128 Å². The van der Waals surface area contributed by atoms with E-state index in [2.05, 4.69) is 36.3 Å². The van der Waals surface area contributed by atoms with Gasteiger partial charge in [-0.3, -0.25) is 0 Å². The smallest absolute Gasteiger partial charge is 0.134 e. The van der Waals surface area contributed by atoms with Gasteiger partial charge in [-0.2, -0.15) is 0 Å². The Kier molecular flexibility index (Phi) is 3.80. The molecule has 2 heterocycles. The molecule has 0 bridgehead atoms. The van der Waals surface area contributed by atoms with E-state index in [0.717, 1.165) is 28.9 Å². The number of benzene rings is 1. The minimum absolute atomic E-state index is 0.794. The van der Waals surface area contributed by atoms with Crippen LogP contribution < -0.4 is 10.1 Å². The molecule has 0 unspecified atom stereocenters. The molecule has 1 aromatic carbocycles. The summed E-state index contributed by atoms with van der Waals surface area (Å²) in [5.74, 6) is 1.77. The van der Waals surface area contributed by atoms with Crippen molar-refractivity contribution in [1.82, 2.24) is 4.98 Å². The van der Waals surface area contributed by atoms with Gasteiger partial charge in [-0.05, 0) is 37.6 Å². The molecular formula is C17H18N2OS. The van der Waals surface area contributed by atoms with E-state index in [1.165, 1.54) is 15.3 Å². The van der Waals surface area contributed by atoms with Crippen molar-refractivity contribution in [2.45, 2.75) is 20.4 Å². The molecule has 0 spiro atoms. The second kappa shape index (κ2) is 5.74.